The lowest BCUT2D eigenvalue weighted by Crippen LogP contribution is -2.53. The van der Waals surface area contributed by atoms with Crippen molar-refractivity contribution in [1.29, 1.82) is 0 Å². The number of hydrogen-bond donors (Lipinski definition) is 2. The smallest absolute Gasteiger partial charge is 0.0831 e. The van der Waals surface area contributed by atoms with E-state index in [-0.39, 0.29) is 12.1 Å². The van der Waals surface area contributed by atoms with Crippen LogP contribution >= 0.6 is 0 Å². The molecule has 2 saturated heterocycles. The third-order valence-corrected chi connectivity index (χ3v) is 5.27. The van der Waals surface area contributed by atoms with Crippen LogP contribution in [0.4, 0.5) is 5.69 Å². The Bertz CT molecular complexity index is 650. The van der Waals surface area contributed by atoms with E-state index in [4.69, 9.17) is 0 Å². The molecule has 0 aliphatic carbocycles. The molecule has 2 aliphatic heterocycles. The van der Waals surface area contributed by atoms with E-state index in [2.05, 4.69) is 63.6 Å². The van der Waals surface area contributed by atoms with Crippen LogP contribution in [0.15, 0.2) is 54.6 Å². The number of aliphatic hydroxyl groups is 1. The summed E-state index contributed by atoms with van der Waals surface area (Å²) in [6.07, 6.45) is -0.221. The van der Waals surface area contributed by atoms with Gasteiger partial charge in [0.05, 0.1) is 6.10 Å². The summed E-state index contributed by atoms with van der Waals surface area (Å²) in [4.78, 5) is 4.87. The summed E-state index contributed by atoms with van der Waals surface area (Å²) < 4.78 is 0. The molecule has 126 valence electrons. The average Bonchev–Trinajstić information content (AvgIpc) is 3.09. The Morgan fingerprint density at radius 2 is 1.46 bits per heavy atom. The van der Waals surface area contributed by atoms with Crippen LogP contribution in [0.3, 0.4) is 0 Å². The molecular formula is C20H25N3O. The Balaban J connectivity index is 1.39. The van der Waals surface area contributed by atoms with Crippen LogP contribution in [-0.4, -0.2) is 61.4 Å². The highest BCUT2D eigenvalue weighted by Crippen LogP contribution is 2.24. The monoisotopic (exact) mass is 323 g/mol. The van der Waals surface area contributed by atoms with Crippen LogP contribution in [0.1, 0.15) is 0 Å². The molecule has 0 aromatic heterocycles. The van der Waals surface area contributed by atoms with Crippen LogP contribution in [-0.2, 0) is 0 Å². The molecule has 2 atom stereocenters. The predicted molar refractivity (Wildman–Crippen MR) is 98.3 cm³/mol. The van der Waals surface area contributed by atoms with E-state index in [0.717, 1.165) is 39.3 Å². The number of β-amino-alcohol motifs (C(OH)–C–C–N with tert-alkyl or cyclic N) is 1. The van der Waals surface area contributed by atoms with E-state index in [9.17, 15) is 5.11 Å². The van der Waals surface area contributed by atoms with Gasteiger partial charge in [-0.3, -0.25) is 4.90 Å². The number of anilines is 1. The standard InChI is InChI=1S/C20H25N3O/c24-20-15-21-14-19(20)23-12-10-22(11-13-23)18-8-6-17(7-9-18)16-4-2-1-3-5-16/h1-9,19-21,24H,10-15H2/t19-,20-/m0/s1. The highest BCUT2D eigenvalue weighted by Gasteiger charge is 2.32. The molecule has 2 aliphatic rings. The predicted octanol–water partition coefficient (Wildman–Crippen LogP) is 1.81. The fraction of sp³-hybridized carbons (Fsp3) is 0.400. The van der Waals surface area contributed by atoms with Crippen LogP contribution in [0, 0.1) is 0 Å². The first-order valence-electron chi connectivity index (χ1n) is 8.84. The van der Waals surface area contributed by atoms with Crippen molar-refractivity contribution in [2.75, 3.05) is 44.2 Å². The Hall–Kier alpha value is -1.88. The van der Waals surface area contributed by atoms with Gasteiger partial charge in [-0.2, -0.15) is 0 Å². The number of benzene rings is 2. The summed E-state index contributed by atoms with van der Waals surface area (Å²) in [7, 11) is 0. The molecule has 2 fully saturated rings. The highest BCUT2D eigenvalue weighted by molar-refractivity contribution is 5.66. The topological polar surface area (TPSA) is 38.7 Å². The third-order valence-electron chi connectivity index (χ3n) is 5.27. The second-order valence-electron chi connectivity index (χ2n) is 6.73. The lowest BCUT2D eigenvalue weighted by Gasteiger charge is -2.39. The molecule has 4 rings (SSSR count). The van der Waals surface area contributed by atoms with Gasteiger partial charge in [-0.15, -0.1) is 0 Å². The van der Waals surface area contributed by atoms with Gasteiger partial charge in [0.15, 0.2) is 0 Å². The molecule has 2 heterocycles. The maximum absolute atomic E-state index is 10.0. The fourth-order valence-electron chi connectivity index (χ4n) is 3.83. The Labute approximate surface area is 143 Å². The molecule has 24 heavy (non-hydrogen) atoms. The van der Waals surface area contributed by atoms with Gasteiger partial charge in [-0.05, 0) is 23.3 Å². The van der Waals surface area contributed by atoms with Gasteiger partial charge < -0.3 is 15.3 Å². The molecule has 0 spiro atoms. The van der Waals surface area contributed by atoms with Gasteiger partial charge in [-0.25, -0.2) is 0 Å². The molecule has 0 amide bonds. The average molecular weight is 323 g/mol. The molecule has 0 saturated carbocycles. The fourth-order valence-corrected chi connectivity index (χ4v) is 3.83. The van der Waals surface area contributed by atoms with Crippen molar-refractivity contribution in [2.45, 2.75) is 12.1 Å². The van der Waals surface area contributed by atoms with E-state index in [1.807, 2.05) is 6.07 Å². The van der Waals surface area contributed by atoms with Gasteiger partial charge in [0.1, 0.15) is 0 Å². The van der Waals surface area contributed by atoms with Crippen molar-refractivity contribution < 1.29 is 5.11 Å². The number of aliphatic hydroxyl groups excluding tert-OH is 1. The molecule has 2 aromatic carbocycles. The third kappa shape index (κ3) is 3.18. The van der Waals surface area contributed by atoms with Crippen molar-refractivity contribution in [1.82, 2.24) is 10.2 Å². The Morgan fingerprint density at radius 3 is 2.08 bits per heavy atom. The van der Waals surface area contributed by atoms with Crippen molar-refractivity contribution in [2.24, 2.45) is 0 Å². The van der Waals surface area contributed by atoms with E-state index < -0.39 is 0 Å². The quantitative estimate of drug-likeness (QED) is 0.904. The maximum atomic E-state index is 10.0. The van der Waals surface area contributed by atoms with E-state index in [0.29, 0.717) is 0 Å². The van der Waals surface area contributed by atoms with Crippen molar-refractivity contribution in [3.8, 4) is 11.1 Å². The molecule has 0 radical (unpaired) electrons. The minimum Gasteiger partial charge on any atom is -0.390 e. The van der Waals surface area contributed by atoms with Gasteiger partial charge in [-0.1, -0.05) is 42.5 Å². The van der Waals surface area contributed by atoms with Crippen LogP contribution in [0.5, 0.6) is 0 Å². The van der Waals surface area contributed by atoms with Crippen LogP contribution < -0.4 is 10.2 Å². The first-order valence-corrected chi connectivity index (χ1v) is 8.84. The van der Waals surface area contributed by atoms with Gasteiger partial charge in [0, 0.05) is 51.0 Å². The second kappa shape index (κ2) is 6.93. The number of piperazine rings is 1. The number of hydrogen-bond acceptors (Lipinski definition) is 4. The largest absolute Gasteiger partial charge is 0.390 e. The van der Waals surface area contributed by atoms with E-state index >= 15 is 0 Å². The Morgan fingerprint density at radius 1 is 0.792 bits per heavy atom. The molecule has 4 nitrogen and oxygen atoms in total. The van der Waals surface area contributed by atoms with E-state index in [1.165, 1.54) is 16.8 Å². The highest BCUT2D eigenvalue weighted by atomic mass is 16.3. The summed E-state index contributed by atoms with van der Waals surface area (Å²) in [6.45, 7) is 5.72. The minimum atomic E-state index is -0.221. The van der Waals surface area contributed by atoms with Gasteiger partial charge in [0.2, 0.25) is 0 Å². The molecular weight excluding hydrogens is 298 g/mol. The number of nitrogens with one attached hydrogen (secondary N) is 1. The first-order chi connectivity index (χ1) is 11.8. The van der Waals surface area contributed by atoms with Gasteiger partial charge >= 0.3 is 0 Å². The zero-order valence-electron chi connectivity index (χ0n) is 13.9. The molecule has 0 unspecified atom stereocenters. The van der Waals surface area contributed by atoms with Crippen LogP contribution in [0.2, 0.25) is 0 Å². The zero-order valence-corrected chi connectivity index (χ0v) is 13.9. The van der Waals surface area contributed by atoms with E-state index in [1.54, 1.807) is 0 Å². The van der Waals surface area contributed by atoms with Crippen molar-refractivity contribution >= 4 is 5.69 Å². The Kier molecular flexibility index (Phi) is 4.52. The van der Waals surface area contributed by atoms with Crippen LogP contribution in [0.25, 0.3) is 11.1 Å². The van der Waals surface area contributed by atoms with Gasteiger partial charge in [0.25, 0.3) is 0 Å². The van der Waals surface area contributed by atoms with Crippen molar-refractivity contribution in [3.63, 3.8) is 0 Å². The lowest BCUT2D eigenvalue weighted by molar-refractivity contribution is 0.0792. The lowest BCUT2D eigenvalue weighted by atomic mass is 10.1. The molecule has 2 N–H and O–H groups in total. The first kappa shape index (κ1) is 15.6. The molecule has 2 aromatic rings. The normalized spacial score (nSPS) is 25.1. The molecule has 0 bridgehead atoms. The molecule has 4 heteroatoms. The summed E-state index contributed by atoms with van der Waals surface area (Å²) in [5, 5.41) is 13.3. The SMILES string of the molecule is O[C@H]1CNC[C@@H]1N1CCN(c2ccc(-c3ccccc3)cc2)CC1. The van der Waals surface area contributed by atoms with Crippen molar-refractivity contribution in [3.05, 3.63) is 54.6 Å². The maximum Gasteiger partial charge on any atom is 0.0831 e. The number of rotatable bonds is 3. The minimum absolute atomic E-state index is 0.221. The summed E-state index contributed by atoms with van der Waals surface area (Å²) in [5.74, 6) is 0. The number of nitrogens with zero attached hydrogens (tertiary/aromatic N) is 2. The summed E-state index contributed by atoms with van der Waals surface area (Å²) in [5.41, 5.74) is 3.81. The summed E-state index contributed by atoms with van der Waals surface area (Å²) >= 11 is 0. The zero-order chi connectivity index (χ0) is 16.4. The summed E-state index contributed by atoms with van der Waals surface area (Å²) in [6, 6.07) is 19.7. The second-order valence-corrected chi connectivity index (χ2v) is 6.73.